The number of halogens is 2. The van der Waals surface area contributed by atoms with E-state index in [0.717, 1.165) is 23.9 Å². The minimum Gasteiger partial charge on any atom is -0.341 e. The van der Waals surface area contributed by atoms with Crippen LogP contribution in [0.1, 0.15) is 13.3 Å². The third-order valence-corrected chi connectivity index (χ3v) is 6.49. The van der Waals surface area contributed by atoms with Gasteiger partial charge in [-0.15, -0.1) is 11.8 Å². The van der Waals surface area contributed by atoms with E-state index in [9.17, 15) is 22.0 Å². The van der Waals surface area contributed by atoms with Gasteiger partial charge >= 0.3 is 0 Å². The molecule has 0 aromatic heterocycles. The van der Waals surface area contributed by atoms with Gasteiger partial charge in [-0.2, -0.15) is 0 Å². The van der Waals surface area contributed by atoms with E-state index in [2.05, 4.69) is 0 Å². The molecule has 1 aromatic rings. The molecule has 4 nitrogen and oxygen atoms in total. The molecule has 2 rings (SSSR count). The topological polar surface area (TPSA) is 54.5 Å². The van der Waals surface area contributed by atoms with Crippen molar-refractivity contribution in [2.45, 2.75) is 29.5 Å². The quantitative estimate of drug-likeness (QED) is 0.781. The second kappa shape index (κ2) is 6.54. The molecule has 1 fully saturated rings. The van der Waals surface area contributed by atoms with E-state index in [4.69, 9.17) is 0 Å². The molecular weight excluding hydrogens is 332 g/mol. The molecule has 0 spiro atoms. The Hall–Kier alpha value is -1.15. The highest BCUT2D eigenvalue weighted by Crippen LogP contribution is 2.27. The molecule has 1 saturated heterocycles. The van der Waals surface area contributed by atoms with Crippen LogP contribution in [-0.4, -0.2) is 49.1 Å². The van der Waals surface area contributed by atoms with Gasteiger partial charge in [0.05, 0.1) is 16.8 Å². The first-order valence-electron chi connectivity index (χ1n) is 6.78. The highest BCUT2D eigenvalue weighted by molar-refractivity contribution is 8.00. The maximum absolute atomic E-state index is 13.2. The van der Waals surface area contributed by atoms with Gasteiger partial charge in [0, 0.05) is 18.0 Å². The average molecular weight is 349 g/mol. The Kier molecular flexibility index (Phi) is 5.11. The van der Waals surface area contributed by atoms with E-state index in [1.54, 1.807) is 14.0 Å². The summed E-state index contributed by atoms with van der Waals surface area (Å²) in [6.07, 6.45) is 0.438. The summed E-state index contributed by atoms with van der Waals surface area (Å²) in [5.41, 5.74) is 0. The van der Waals surface area contributed by atoms with Crippen LogP contribution in [0.4, 0.5) is 8.78 Å². The molecule has 2 atom stereocenters. The predicted octanol–water partition coefficient (Wildman–Crippen LogP) is 2.09. The lowest BCUT2D eigenvalue weighted by molar-refractivity contribution is -0.130. The van der Waals surface area contributed by atoms with E-state index < -0.39 is 26.7 Å². The van der Waals surface area contributed by atoms with Crippen LogP contribution in [0.15, 0.2) is 23.1 Å². The van der Waals surface area contributed by atoms with Gasteiger partial charge in [0.1, 0.15) is 0 Å². The fourth-order valence-corrected chi connectivity index (χ4v) is 5.12. The maximum Gasteiger partial charge on any atom is 0.235 e. The van der Waals surface area contributed by atoms with Crippen LogP contribution in [0.3, 0.4) is 0 Å². The maximum atomic E-state index is 13.2. The van der Waals surface area contributed by atoms with E-state index in [0.29, 0.717) is 11.3 Å². The number of nitrogens with zero attached hydrogens (tertiary/aromatic N) is 1. The van der Waals surface area contributed by atoms with Gasteiger partial charge in [-0.25, -0.2) is 17.2 Å². The Morgan fingerprint density at radius 1 is 1.36 bits per heavy atom. The smallest absolute Gasteiger partial charge is 0.235 e. The summed E-state index contributed by atoms with van der Waals surface area (Å²) >= 11 is 1.11. The number of thioether (sulfide) groups is 1. The molecule has 0 aliphatic carbocycles. The van der Waals surface area contributed by atoms with Crippen molar-refractivity contribution in [3.63, 3.8) is 0 Å². The van der Waals surface area contributed by atoms with Crippen LogP contribution in [0.5, 0.6) is 0 Å². The molecule has 0 bridgehead atoms. The molecule has 1 aliphatic heterocycles. The van der Waals surface area contributed by atoms with Crippen molar-refractivity contribution in [1.29, 1.82) is 0 Å². The Labute approximate surface area is 132 Å². The summed E-state index contributed by atoms with van der Waals surface area (Å²) in [5.74, 6) is -2.04. The Morgan fingerprint density at radius 3 is 2.59 bits per heavy atom. The van der Waals surface area contributed by atoms with Gasteiger partial charge in [0.2, 0.25) is 5.91 Å². The lowest BCUT2D eigenvalue weighted by atomic mass is 10.2. The van der Waals surface area contributed by atoms with Gasteiger partial charge in [0.15, 0.2) is 21.5 Å². The van der Waals surface area contributed by atoms with E-state index in [1.165, 1.54) is 11.0 Å². The minimum absolute atomic E-state index is 0.0161. The van der Waals surface area contributed by atoms with Crippen molar-refractivity contribution in [2.24, 2.45) is 0 Å². The van der Waals surface area contributed by atoms with E-state index in [1.807, 2.05) is 0 Å². The second-order valence-electron chi connectivity index (χ2n) is 5.34. The molecule has 0 saturated carbocycles. The normalized spacial score (nSPS) is 21.5. The number of amides is 1. The van der Waals surface area contributed by atoms with Crippen molar-refractivity contribution >= 4 is 27.5 Å². The average Bonchev–Trinajstić information content (AvgIpc) is 2.81. The summed E-state index contributed by atoms with van der Waals surface area (Å²) in [4.78, 5) is 14.2. The van der Waals surface area contributed by atoms with Crippen LogP contribution in [0, 0.1) is 11.6 Å². The first-order valence-corrected chi connectivity index (χ1v) is 9.48. The molecule has 0 unspecified atom stereocenters. The lowest BCUT2D eigenvalue weighted by Gasteiger charge is -2.26. The van der Waals surface area contributed by atoms with Gasteiger partial charge in [-0.3, -0.25) is 4.79 Å². The molecule has 122 valence electrons. The largest absolute Gasteiger partial charge is 0.341 e. The second-order valence-corrected chi connectivity index (χ2v) is 8.98. The molecule has 1 amide bonds. The Balaban J connectivity index is 2.01. The van der Waals surface area contributed by atoms with Crippen molar-refractivity contribution in [3.05, 3.63) is 29.8 Å². The molecule has 22 heavy (non-hydrogen) atoms. The Morgan fingerprint density at radius 2 is 2.05 bits per heavy atom. The van der Waals surface area contributed by atoms with E-state index in [-0.39, 0.29) is 23.5 Å². The zero-order valence-corrected chi connectivity index (χ0v) is 13.9. The number of carbonyl (C=O) groups is 1. The number of rotatable bonds is 4. The first-order chi connectivity index (χ1) is 10.2. The predicted molar refractivity (Wildman–Crippen MR) is 81.5 cm³/mol. The van der Waals surface area contributed by atoms with E-state index >= 15 is 0 Å². The molecular formula is C14H17F2NO3S2. The SMILES string of the molecule is C[C@H](Sc1ccc(F)c(F)c1)C(=O)N(C)[C@@H]1CCS(=O)(=O)C1. The van der Waals surface area contributed by atoms with Crippen molar-refractivity contribution in [1.82, 2.24) is 4.90 Å². The molecule has 1 aromatic carbocycles. The van der Waals surface area contributed by atoms with Crippen molar-refractivity contribution in [2.75, 3.05) is 18.6 Å². The minimum atomic E-state index is -3.06. The van der Waals surface area contributed by atoms with Gasteiger partial charge in [0.25, 0.3) is 0 Å². The third kappa shape index (κ3) is 3.98. The number of carbonyl (C=O) groups excluding carboxylic acids is 1. The molecule has 1 heterocycles. The van der Waals surface area contributed by atoms with Crippen molar-refractivity contribution in [3.8, 4) is 0 Å². The summed E-state index contributed by atoms with van der Waals surface area (Å²) in [6, 6.07) is 3.16. The molecule has 1 aliphatic rings. The molecule has 0 N–H and O–H groups in total. The van der Waals surface area contributed by atoms with Crippen LogP contribution in [0.2, 0.25) is 0 Å². The highest BCUT2D eigenvalue weighted by Gasteiger charge is 2.34. The summed E-state index contributed by atoms with van der Waals surface area (Å²) < 4.78 is 49.0. The number of hydrogen-bond acceptors (Lipinski definition) is 4. The fourth-order valence-electron chi connectivity index (χ4n) is 2.35. The first kappa shape index (κ1) is 17.2. The van der Waals surface area contributed by atoms with Crippen LogP contribution < -0.4 is 0 Å². The van der Waals surface area contributed by atoms with Crippen LogP contribution >= 0.6 is 11.8 Å². The standard InChI is InChI=1S/C14H17F2NO3S2/c1-9(21-11-3-4-12(15)13(16)7-11)14(18)17(2)10-5-6-22(19,20)8-10/h3-4,7,9-10H,5-6,8H2,1-2H3/t9-,10+/m0/s1. The summed E-state index contributed by atoms with van der Waals surface area (Å²) in [6.45, 7) is 1.66. The summed E-state index contributed by atoms with van der Waals surface area (Å²) in [5, 5.41) is -0.516. The molecule has 8 heteroatoms. The zero-order chi connectivity index (χ0) is 16.5. The van der Waals surface area contributed by atoms with Crippen LogP contribution in [0.25, 0.3) is 0 Å². The molecule has 0 radical (unpaired) electrons. The van der Waals surface area contributed by atoms with Gasteiger partial charge < -0.3 is 4.90 Å². The summed E-state index contributed by atoms with van der Waals surface area (Å²) in [7, 11) is -1.48. The lowest BCUT2D eigenvalue weighted by Crippen LogP contribution is -2.41. The van der Waals surface area contributed by atoms with Gasteiger partial charge in [-0.05, 0) is 31.5 Å². The van der Waals surface area contributed by atoms with Crippen LogP contribution in [-0.2, 0) is 14.6 Å². The number of benzene rings is 1. The van der Waals surface area contributed by atoms with Gasteiger partial charge in [-0.1, -0.05) is 0 Å². The van der Waals surface area contributed by atoms with Crippen molar-refractivity contribution < 1.29 is 22.0 Å². The monoisotopic (exact) mass is 349 g/mol. The number of hydrogen-bond donors (Lipinski definition) is 0. The third-order valence-electron chi connectivity index (χ3n) is 3.66. The zero-order valence-electron chi connectivity index (χ0n) is 12.3. The highest BCUT2D eigenvalue weighted by atomic mass is 32.2. The number of sulfone groups is 1. The Bertz CT molecular complexity index is 679. The fraction of sp³-hybridized carbons (Fsp3) is 0.500.